The molecule has 0 unspecified atom stereocenters. The summed E-state index contributed by atoms with van der Waals surface area (Å²) in [5.74, 6) is -3.85. The van der Waals surface area contributed by atoms with Gasteiger partial charge in [-0.25, -0.2) is 8.78 Å². The lowest BCUT2D eigenvalue weighted by molar-refractivity contribution is -0.187. The smallest absolute Gasteiger partial charge is 0.306 e. The van der Waals surface area contributed by atoms with Crippen LogP contribution in [-0.4, -0.2) is 44.9 Å². The zero-order chi connectivity index (χ0) is 24.7. The molecule has 0 aromatic rings. The van der Waals surface area contributed by atoms with Gasteiger partial charge in [0.05, 0.1) is 6.10 Å². The van der Waals surface area contributed by atoms with Crippen molar-refractivity contribution in [1.29, 1.82) is 0 Å². The van der Waals surface area contributed by atoms with E-state index >= 15 is 8.78 Å². The van der Waals surface area contributed by atoms with Gasteiger partial charge in [-0.2, -0.15) is 0 Å². The molecule has 0 bridgehead atoms. The zero-order valence-electron chi connectivity index (χ0n) is 19.7. The number of aliphatic hydroxyl groups is 2. The number of ether oxygens (including phenoxy) is 1. The van der Waals surface area contributed by atoms with Crippen molar-refractivity contribution in [2.45, 2.75) is 78.2 Å². The average molecular weight is 483 g/mol. The molecule has 2 N–H and O–H groups in total. The third-order valence-electron chi connectivity index (χ3n) is 9.25. The Morgan fingerprint density at radius 1 is 1.33 bits per heavy atom. The Morgan fingerprint density at radius 2 is 1.97 bits per heavy atom. The molecule has 4 aliphatic rings. The summed E-state index contributed by atoms with van der Waals surface area (Å²) in [5, 5.41) is 21.7. The molecule has 0 heterocycles. The predicted octanol–water partition coefficient (Wildman–Crippen LogP) is 4.72. The number of halogens is 2. The second-order valence-corrected chi connectivity index (χ2v) is 11.2. The van der Waals surface area contributed by atoms with Gasteiger partial charge in [-0.05, 0) is 55.8 Å². The highest BCUT2D eigenvalue weighted by Gasteiger charge is 2.73. The van der Waals surface area contributed by atoms with E-state index in [0.29, 0.717) is 6.42 Å². The van der Waals surface area contributed by atoms with Gasteiger partial charge in [-0.1, -0.05) is 33.8 Å². The minimum absolute atomic E-state index is 0.0524. The molecule has 0 aliphatic heterocycles. The Bertz CT molecular complexity index is 991. The summed E-state index contributed by atoms with van der Waals surface area (Å²) in [6.07, 6.45) is -0.373. The van der Waals surface area contributed by atoms with Crippen LogP contribution in [0.3, 0.4) is 0 Å². The lowest BCUT2D eigenvalue weighted by Crippen LogP contribution is -2.64. The fraction of sp³-hybridized carbons (Fsp3) is 0.720. The van der Waals surface area contributed by atoms with E-state index < -0.39 is 57.3 Å². The van der Waals surface area contributed by atoms with Crippen molar-refractivity contribution < 1.29 is 33.3 Å². The lowest BCUT2D eigenvalue weighted by Gasteiger charge is -2.60. The summed E-state index contributed by atoms with van der Waals surface area (Å²) in [5.41, 5.74) is -3.53. The van der Waals surface area contributed by atoms with Crippen molar-refractivity contribution >= 4 is 29.0 Å². The number of aliphatic hydroxyl groups excluding tert-OH is 2. The number of ketones is 1. The molecule has 8 heteroatoms. The molecule has 0 radical (unpaired) electrons. The van der Waals surface area contributed by atoms with Crippen LogP contribution in [0.4, 0.5) is 8.78 Å². The molecule has 33 heavy (non-hydrogen) atoms. The Morgan fingerprint density at radius 3 is 2.55 bits per heavy atom. The molecule has 0 amide bonds. The van der Waals surface area contributed by atoms with E-state index in [0.717, 1.165) is 0 Å². The fourth-order valence-corrected chi connectivity index (χ4v) is 8.52. The molecule has 0 aromatic heterocycles. The number of rotatable bonds is 3. The number of thiocarbonyl (C=S) groups is 1. The van der Waals surface area contributed by atoms with E-state index in [-0.39, 0.29) is 48.2 Å². The first kappa shape index (κ1) is 24.5. The quantitative estimate of drug-likeness (QED) is 0.447. The van der Waals surface area contributed by atoms with Crippen molar-refractivity contribution in [3.8, 4) is 0 Å². The Kier molecular flexibility index (Phi) is 5.68. The number of allylic oxidation sites excluding steroid dienone is 4. The maximum Gasteiger partial charge on any atom is 0.306 e. The van der Waals surface area contributed by atoms with E-state index in [4.69, 9.17) is 17.0 Å². The second-order valence-electron chi connectivity index (χ2n) is 10.9. The number of hydrogen-bond acceptors (Lipinski definition) is 5. The highest BCUT2D eigenvalue weighted by molar-refractivity contribution is 7.80. The van der Waals surface area contributed by atoms with Gasteiger partial charge in [0.2, 0.25) is 10.8 Å². The topological polar surface area (TPSA) is 83.8 Å². The van der Waals surface area contributed by atoms with Crippen molar-refractivity contribution in [2.75, 3.05) is 0 Å². The number of Topliss-reactive ketones (excluding diaryl/α,β-unsaturated/α-hetero) is 1. The minimum Gasteiger partial charge on any atom is -0.499 e. The van der Waals surface area contributed by atoms with E-state index in [9.17, 15) is 19.8 Å². The van der Waals surface area contributed by atoms with Gasteiger partial charge in [0, 0.05) is 34.7 Å². The molecule has 9 atom stereocenters. The van der Waals surface area contributed by atoms with Crippen LogP contribution in [0.2, 0.25) is 0 Å². The maximum absolute atomic E-state index is 15.6. The summed E-state index contributed by atoms with van der Waals surface area (Å²) in [6, 6.07) is 0. The number of carbonyl (C=O) groups is 2. The van der Waals surface area contributed by atoms with Gasteiger partial charge >= 0.3 is 5.97 Å². The average Bonchev–Trinajstić information content (AvgIpc) is 2.93. The molecule has 3 saturated carbocycles. The van der Waals surface area contributed by atoms with Crippen LogP contribution in [0.5, 0.6) is 0 Å². The highest BCUT2D eigenvalue weighted by Crippen LogP contribution is 2.69. The van der Waals surface area contributed by atoms with Crippen molar-refractivity contribution in [2.24, 2.45) is 34.5 Å². The molecule has 5 nitrogen and oxygen atoms in total. The summed E-state index contributed by atoms with van der Waals surface area (Å²) < 4.78 is 36.5. The largest absolute Gasteiger partial charge is 0.499 e. The first-order valence-corrected chi connectivity index (χ1v) is 12.1. The van der Waals surface area contributed by atoms with Crippen LogP contribution < -0.4 is 0 Å². The number of esters is 1. The molecule has 0 aromatic carbocycles. The number of alkyl halides is 1. The van der Waals surface area contributed by atoms with Crippen molar-refractivity contribution in [1.82, 2.24) is 0 Å². The van der Waals surface area contributed by atoms with Gasteiger partial charge < -0.3 is 14.9 Å². The number of hydrogen-bond donors (Lipinski definition) is 2. The Labute approximate surface area is 198 Å². The van der Waals surface area contributed by atoms with Crippen molar-refractivity contribution in [3.63, 3.8) is 0 Å². The normalized spacial score (nSPS) is 46.8. The molecule has 4 aliphatic carbocycles. The van der Waals surface area contributed by atoms with E-state index in [1.807, 2.05) is 13.8 Å². The van der Waals surface area contributed by atoms with Gasteiger partial charge in [0.1, 0.15) is 6.17 Å². The van der Waals surface area contributed by atoms with Crippen molar-refractivity contribution in [3.05, 3.63) is 23.0 Å². The summed E-state index contributed by atoms with van der Waals surface area (Å²) in [7, 11) is 0. The molecule has 3 fully saturated rings. The summed E-state index contributed by atoms with van der Waals surface area (Å²) in [4.78, 5) is 24.7. The maximum atomic E-state index is 15.6. The summed E-state index contributed by atoms with van der Waals surface area (Å²) >= 11 is 5.24. The van der Waals surface area contributed by atoms with Crippen LogP contribution >= 0.6 is 12.2 Å². The minimum atomic E-state index is -1.68. The monoisotopic (exact) mass is 482 g/mol. The van der Waals surface area contributed by atoms with Gasteiger partial charge in [0.15, 0.2) is 11.4 Å². The van der Waals surface area contributed by atoms with E-state index in [2.05, 4.69) is 0 Å². The van der Waals surface area contributed by atoms with Gasteiger partial charge in [0.25, 0.3) is 0 Å². The van der Waals surface area contributed by atoms with E-state index in [1.54, 1.807) is 19.9 Å². The first-order chi connectivity index (χ1) is 15.3. The highest BCUT2D eigenvalue weighted by atomic mass is 32.1. The number of fused-ring (bicyclic) bond motifs is 5. The fourth-order valence-electron chi connectivity index (χ4n) is 8.05. The molecular weight excluding hydrogens is 450 g/mol. The van der Waals surface area contributed by atoms with Crippen LogP contribution in [0, 0.1) is 34.5 Å². The summed E-state index contributed by atoms with van der Waals surface area (Å²) in [6.45, 7) is 8.56. The third-order valence-corrected chi connectivity index (χ3v) is 9.55. The zero-order valence-corrected chi connectivity index (χ0v) is 20.5. The molecule has 4 rings (SSSR count). The SMILES string of the molecule is CCC(=O)O[C@]1(C(O)=S)[C@@H](C)C[C@H]2[C@@H]3C[C@H](F)C4=C(F)C(=O)C(C)=C[C@]4(C)[C@H]3[C@@H](O)C[C@@]21C. The molecule has 0 spiro atoms. The van der Waals surface area contributed by atoms with E-state index in [1.165, 1.54) is 6.92 Å². The third kappa shape index (κ3) is 2.98. The molecule has 0 saturated heterocycles. The molecule has 182 valence electrons. The predicted molar refractivity (Wildman–Crippen MR) is 122 cm³/mol. The van der Waals surface area contributed by atoms with Crippen LogP contribution in [0.25, 0.3) is 0 Å². The lowest BCUT2D eigenvalue weighted by atomic mass is 9.45. The van der Waals surface area contributed by atoms with Gasteiger partial charge in [-0.15, -0.1) is 0 Å². The van der Waals surface area contributed by atoms with Crippen LogP contribution in [0.1, 0.15) is 60.3 Å². The van der Waals surface area contributed by atoms with Crippen LogP contribution in [0.15, 0.2) is 23.0 Å². The second kappa shape index (κ2) is 7.67. The number of carbonyl (C=O) groups excluding carboxylic acids is 2. The Hall–Kier alpha value is -1.67. The molecular formula is C25H32F2O5S. The Balaban J connectivity index is 1.86. The van der Waals surface area contributed by atoms with Crippen LogP contribution in [-0.2, 0) is 14.3 Å². The standard InChI is InChI=1S/C25H32F2O5S/c1-6-17(29)32-25(22(31)33)12(3)7-14-13-8-15(26)19-20(27)21(30)11(2)9-23(19,4)18(13)16(28)10-24(14,25)5/h9,12-16,18,28H,6-8,10H2,1-5H3,(H,31,33)/t12-,13-,14-,15-,16-,18+,23+,24-,25-/m0/s1. The first-order valence-electron chi connectivity index (χ1n) is 11.7. The van der Waals surface area contributed by atoms with Gasteiger partial charge in [-0.3, -0.25) is 9.59 Å².